The number of carbonyl (C=O) groups excluding carboxylic acids is 2. The van der Waals surface area contributed by atoms with Gasteiger partial charge in [-0.05, 0) is 50.9 Å². The number of likely N-dealkylation sites (tertiary alicyclic amines) is 1. The Morgan fingerprint density at radius 1 is 1.11 bits per heavy atom. The Morgan fingerprint density at radius 2 is 1.86 bits per heavy atom. The summed E-state index contributed by atoms with van der Waals surface area (Å²) in [6.07, 6.45) is 2.05. The van der Waals surface area contributed by atoms with Crippen LogP contribution in [0.2, 0.25) is 0 Å². The minimum absolute atomic E-state index is 0.0146. The quantitative estimate of drug-likeness (QED) is 0.866. The fraction of sp³-hybridized carbons (Fsp3) is 0.636. The maximum atomic E-state index is 13.0. The number of rotatable bonds is 4. The van der Waals surface area contributed by atoms with Crippen LogP contribution in [0.3, 0.4) is 0 Å². The highest BCUT2D eigenvalue weighted by Crippen LogP contribution is 2.28. The predicted molar refractivity (Wildman–Crippen MR) is 112 cm³/mol. The van der Waals surface area contributed by atoms with E-state index in [4.69, 9.17) is 0 Å². The van der Waals surface area contributed by atoms with E-state index in [1.54, 1.807) is 0 Å². The molecule has 1 unspecified atom stereocenters. The van der Waals surface area contributed by atoms with E-state index in [1.807, 2.05) is 41.8 Å². The fourth-order valence-corrected chi connectivity index (χ4v) is 4.15. The normalized spacial score (nSPS) is 21.1. The molecule has 3 rings (SSSR count). The number of hydrogen-bond acceptors (Lipinski definition) is 3. The average molecular weight is 387 g/mol. The fourth-order valence-electron chi connectivity index (χ4n) is 4.15. The lowest BCUT2D eigenvalue weighted by Gasteiger charge is -2.35. The number of amides is 3. The maximum absolute atomic E-state index is 13.0. The SMILES string of the molecule is CCN1CCN(C(=O)c2cccc(C3CCCN(C(=O)NC(C)C)C3)c2)CC1. The van der Waals surface area contributed by atoms with Gasteiger partial charge in [0.05, 0.1) is 0 Å². The lowest BCUT2D eigenvalue weighted by Crippen LogP contribution is -2.48. The third-order valence-corrected chi connectivity index (χ3v) is 5.83. The summed E-state index contributed by atoms with van der Waals surface area (Å²) in [6, 6.07) is 8.20. The number of nitrogens with one attached hydrogen (secondary N) is 1. The van der Waals surface area contributed by atoms with Crippen LogP contribution >= 0.6 is 0 Å². The van der Waals surface area contributed by atoms with E-state index in [0.717, 1.165) is 57.7 Å². The van der Waals surface area contributed by atoms with Crippen molar-refractivity contribution < 1.29 is 9.59 Å². The highest BCUT2D eigenvalue weighted by atomic mass is 16.2. The number of likely N-dealkylation sites (N-methyl/N-ethyl adjacent to an activating group) is 1. The van der Waals surface area contributed by atoms with Gasteiger partial charge in [-0.2, -0.15) is 0 Å². The monoisotopic (exact) mass is 386 g/mol. The second-order valence-corrected chi connectivity index (χ2v) is 8.24. The zero-order chi connectivity index (χ0) is 20.1. The molecule has 1 aromatic carbocycles. The summed E-state index contributed by atoms with van der Waals surface area (Å²) in [7, 11) is 0. The van der Waals surface area contributed by atoms with Crippen LogP contribution < -0.4 is 5.32 Å². The molecule has 0 bridgehead atoms. The molecule has 2 fully saturated rings. The molecule has 28 heavy (non-hydrogen) atoms. The van der Waals surface area contributed by atoms with E-state index in [9.17, 15) is 9.59 Å². The van der Waals surface area contributed by atoms with E-state index < -0.39 is 0 Å². The van der Waals surface area contributed by atoms with E-state index in [2.05, 4.69) is 23.2 Å². The first kappa shape index (κ1) is 20.6. The Labute approximate surface area is 168 Å². The summed E-state index contributed by atoms with van der Waals surface area (Å²) in [5.74, 6) is 0.416. The molecule has 1 N–H and O–H groups in total. The summed E-state index contributed by atoms with van der Waals surface area (Å²) >= 11 is 0. The minimum Gasteiger partial charge on any atom is -0.336 e. The molecule has 154 valence electrons. The predicted octanol–water partition coefficient (Wildman–Crippen LogP) is 2.76. The van der Waals surface area contributed by atoms with Crippen LogP contribution in [0.1, 0.15) is 55.5 Å². The zero-order valence-electron chi connectivity index (χ0n) is 17.5. The maximum Gasteiger partial charge on any atom is 0.317 e. The zero-order valence-corrected chi connectivity index (χ0v) is 17.5. The molecule has 1 atom stereocenters. The molecule has 2 heterocycles. The van der Waals surface area contributed by atoms with Gasteiger partial charge >= 0.3 is 6.03 Å². The Balaban J connectivity index is 1.65. The Bertz CT molecular complexity index is 683. The Hall–Kier alpha value is -2.08. The molecule has 6 nitrogen and oxygen atoms in total. The van der Waals surface area contributed by atoms with Gasteiger partial charge in [-0.15, -0.1) is 0 Å². The van der Waals surface area contributed by atoms with Crippen molar-refractivity contribution >= 4 is 11.9 Å². The van der Waals surface area contributed by atoms with Crippen LogP contribution in [0.5, 0.6) is 0 Å². The Morgan fingerprint density at radius 3 is 2.54 bits per heavy atom. The van der Waals surface area contributed by atoms with E-state index in [0.29, 0.717) is 6.54 Å². The molecule has 2 aliphatic heterocycles. The summed E-state index contributed by atoms with van der Waals surface area (Å²) in [5, 5.41) is 2.99. The molecule has 0 radical (unpaired) electrons. The van der Waals surface area contributed by atoms with Gasteiger partial charge < -0.3 is 20.0 Å². The summed E-state index contributed by atoms with van der Waals surface area (Å²) in [5.41, 5.74) is 1.94. The number of hydrogen-bond donors (Lipinski definition) is 1. The third kappa shape index (κ3) is 5.04. The summed E-state index contributed by atoms with van der Waals surface area (Å²) < 4.78 is 0. The molecule has 0 spiro atoms. The van der Waals surface area contributed by atoms with Crippen molar-refractivity contribution in [1.29, 1.82) is 0 Å². The van der Waals surface area contributed by atoms with Gasteiger partial charge in [0.1, 0.15) is 0 Å². The van der Waals surface area contributed by atoms with Gasteiger partial charge in [-0.1, -0.05) is 19.1 Å². The standard InChI is InChI=1S/C22H34N4O2/c1-4-24-11-13-25(14-12-24)21(27)19-8-5-7-18(15-19)20-9-6-10-26(16-20)22(28)23-17(2)3/h5,7-8,15,17,20H,4,6,9-14,16H2,1-3H3,(H,23,28). The number of nitrogens with zero attached hydrogens (tertiary/aromatic N) is 3. The number of carbonyl (C=O) groups is 2. The minimum atomic E-state index is 0.0146. The van der Waals surface area contributed by atoms with E-state index in [1.165, 1.54) is 5.56 Å². The van der Waals surface area contributed by atoms with E-state index in [-0.39, 0.29) is 23.9 Å². The van der Waals surface area contributed by atoms with Gasteiger partial charge in [0, 0.05) is 56.8 Å². The van der Waals surface area contributed by atoms with Crippen LogP contribution in [0, 0.1) is 0 Å². The highest BCUT2D eigenvalue weighted by molar-refractivity contribution is 5.94. The lowest BCUT2D eigenvalue weighted by molar-refractivity contribution is 0.0643. The smallest absolute Gasteiger partial charge is 0.317 e. The second kappa shape index (κ2) is 9.41. The van der Waals surface area contributed by atoms with Crippen molar-refractivity contribution in [2.75, 3.05) is 45.8 Å². The first-order chi connectivity index (χ1) is 13.5. The van der Waals surface area contributed by atoms with Crippen LogP contribution in [0.4, 0.5) is 4.79 Å². The molecule has 3 amide bonds. The second-order valence-electron chi connectivity index (χ2n) is 8.24. The number of piperidine rings is 1. The van der Waals surface area contributed by atoms with E-state index >= 15 is 0 Å². The number of urea groups is 1. The van der Waals surface area contributed by atoms with Crippen molar-refractivity contribution in [2.24, 2.45) is 0 Å². The number of benzene rings is 1. The molecular weight excluding hydrogens is 352 g/mol. The van der Waals surface area contributed by atoms with Gasteiger partial charge in [0.15, 0.2) is 0 Å². The molecule has 0 aliphatic carbocycles. The van der Waals surface area contributed by atoms with Crippen molar-refractivity contribution in [3.8, 4) is 0 Å². The van der Waals surface area contributed by atoms with Crippen LogP contribution in [-0.2, 0) is 0 Å². The first-order valence-electron chi connectivity index (χ1n) is 10.6. The van der Waals surface area contributed by atoms with Crippen LogP contribution in [0.15, 0.2) is 24.3 Å². The topological polar surface area (TPSA) is 55.9 Å². The summed E-state index contributed by atoms with van der Waals surface area (Å²) in [4.78, 5) is 31.6. The van der Waals surface area contributed by atoms with Crippen LogP contribution in [-0.4, -0.2) is 78.5 Å². The molecule has 6 heteroatoms. The first-order valence-corrected chi connectivity index (χ1v) is 10.6. The Kier molecular flexibility index (Phi) is 6.94. The molecule has 1 aromatic rings. The largest absolute Gasteiger partial charge is 0.336 e. The van der Waals surface area contributed by atoms with Gasteiger partial charge in [0.25, 0.3) is 5.91 Å². The van der Waals surface area contributed by atoms with Gasteiger partial charge in [0.2, 0.25) is 0 Å². The van der Waals surface area contributed by atoms with Gasteiger partial charge in [-0.25, -0.2) is 4.79 Å². The number of piperazine rings is 1. The molecule has 0 saturated carbocycles. The van der Waals surface area contributed by atoms with Crippen molar-refractivity contribution in [2.45, 2.75) is 45.6 Å². The molecular formula is C22H34N4O2. The van der Waals surface area contributed by atoms with Crippen molar-refractivity contribution in [3.05, 3.63) is 35.4 Å². The summed E-state index contributed by atoms with van der Waals surface area (Å²) in [6.45, 7) is 12.2. The van der Waals surface area contributed by atoms with Crippen LogP contribution in [0.25, 0.3) is 0 Å². The van der Waals surface area contributed by atoms with Gasteiger partial charge in [-0.3, -0.25) is 4.79 Å². The van der Waals surface area contributed by atoms with Crippen molar-refractivity contribution in [3.63, 3.8) is 0 Å². The average Bonchev–Trinajstić information content (AvgIpc) is 2.73. The molecule has 0 aromatic heterocycles. The van der Waals surface area contributed by atoms with Crippen molar-refractivity contribution in [1.82, 2.24) is 20.0 Å². The molecule has 2 saturated heterocycles. The third-order valence-electron chi connectivity index (χ3n) is 5.83. The lowest BCUT2D eigenvalue weighted by atomic mass is 9.89. The molecule has 2 aliphatic rings. The highest BCUT2D eigenvalue weighted by Gasteiger charge is 2.26.